The first-order valence-electron chi connectivity index (χ1n) is 7.37. The Morgan fingerprint density at radius 3 is 2.52 bits per heavy atom. The molecule has 0 aliphatic rings. The third kappa shape index (κ3) is 4.16. The Bertz CT molecular complexity index is 915. The Morgan fingerprint density at radius 2 is 1.96 bits per heavy atom. The molecule has 27 heavy (non-hydrogen) atoms. The number of nitrogens with one attached hydrogen (secondary N) is 1. The summed E-state index contributed by atoms with van der Waals surface area (Å²) in [4.78, 5) is 27.2. The maximum Gasteiger partial charge on any atom is 0.471 e. The summed E-state index contributed by atoms with van der Waals surface area (Å²) < 4.78 is 46.4. The molecule has 1 N–H and O–H groups in total. The van der Waals surface area contributed by atoms with Crippen LogP contribution < -0.4 is 5.32 Å². The van der Waals surface area contributed by atoms with Crippen molar-refractivity contribution in [3.05, 3.63) is 48.4 Å². The van der Waals surface area contributed by atoms with E-state index in [1.54, 1.807) is 18.2 Å². The Kier molecular flexibility index (Phi) is 4.96. The molecular formula is C15H11F3N6O3. The zero-order valence-corrected chi connectivity index (χ0v) is 13.6. The molecule has 0 aromatic carbocycles. The smallest absolute Gasteiger partial charge is 0.467 e. The van der Waals surface area contributed by atoms with Gasteiger partial charge in [-0.1, -0.05) is 11.2 Å². The predicted octanol–water partition coefficient (Wildman–Crippen LogP) is 2.27. The number of nitrogens with zero attached hydrogens (tertiary/aromatic N) is 5. The number of carbonyl (C=O) groups excluding carboxylic acids is 1. The van der Waals surface area contributed by atoms with Crippen LogP contribution >= 0.6 is 0 Å². The van der Waals surface area contributed by atoms with E-state index in [0.717, 1.165) is 0 Å². The first-order chi connectivity index (χ1) is 12.9. The van der Waals surface area contributed by atoms with Crippen LogP contribution in [0.2, 0.25) is 0 Å². The number of aromatic nitrogens is 5. The number of rotatable bonds is 5. The SMILES string of the molecule is COC(=O)C(Nc1ncc(-c2noc(C(F)(F)F)n2)cn1)c1ccccn1. The van der Waals surface area contributed by atoms with Crippen LogP contribution in [0.25, 0.3) is 11.4 Å². The summed E-state index contributed by atoms with van der Waals surface area (Å²) in [6.07, 6.45) is -0.865. The van der Waals surface area contributed by atoms with Gasteiger partial charge in [-0.2, -0.15) is 18.2 Å². The average Bonchev–Trinajstić information content (AvgIpc) is 3.17. The summed E-state index contributed by atoms with van der Waals surface area (Å²) in [5, 5.41) is 5.99. The fourth-order valence-corrected chi connectivity index (χ4v) is 2.02. The number of carbonyl (C=O) groups is 1. The molecule has 0 saturated heterocycles. The van der Waals surface area contributed by atoms with E-state index in [-0.39, 0.29) is 17.3 Å². The van der Waals surface area contributed by atoms with E-state index >= 15 is 0 Å². The summed E-state index contributed by atoms with van der Waals surface area (Å²) >= 11 is 0. The van der Waals surface area contributed by atoms with E-state index in [2.05, 4.69) is 34.9 Å². The second-order valence-electron chi connectivity index (χ2n) is 5.07. The van der Waals surface area contributed by atoms with Crippen LogP contribution in [-0.4, -0.2) is 38.2 Å². The van der Waals surface area contributed by atoms with E-state index in [4.69, 9.17) is 4.74 Å². The van der Waals surface area contributed by atoms with Gasteiger partial charge in [0.2, 0.25) is 11.8 Å². The molecule has 1 atom stereocenters. The van der Waals surface area contributed by atoms with Crippen LogP contribution in [-0.2, 0) is 15.7 Å². The number of hydrogen-bond acceptors (Lipinski definition) is 9. The minimum atomic E-state index is -4.75. The molecule has 140 valence electrons. The first-order valence-corrected chi connectivity index (χ1v) is 7.37. The molecule has 0 fully saturated rings. The summed E-state index contributed by atoms with van der Waals surface area (Å²) in [5.41, 5.74) is 0.484. The van der Waals surface area contributed by atoms with Crippen LogP contribution in [0.15, 0.2) is 41.3 Å². The number of alkyl halides is 3. The normalized spacial score (nSPS) is 12.4. The molecule has 0 saturated carbocycles. The second-order valence-corrected chi connectivity index (χ2v) is 5.07. The molecule has 0 spiro atoms. The number of halogens is 3. The van der Waals surface area contributed by atoms with Gasteiger partial charge in [0.25, 0.3) is 0 Å². The van der Waals surface area contributed by atoms with Crippen molar-refractivity contribution in [3.63, 3.8) is 0 Å². The van der Waals surface area contributed by atoms with E-state index in [1.165, 1.54) is 25.7 Å². The predicted molar refractivity (Wildman–Crippen MR) is 82.9 cm³/mol. The average molecular weight is 380 g/mol. The highest BCUT2D eigenvalue weighted by Crippen LogP contribution is 2.29. The van der Waals surface area contributed by atoms with Gasteiger partial charge in [-0.25, -0.2) is 14.8 Å². The Hall–Kier alpha value is -3.57. The number of ether oxygens (including phenoxy) is 1. The van der Waals surface area contributed by atoms with Crippen molar-refractivity contribution in [2.45, 2.75) is 12.2 Å². The summed E-state index contributed by atoms with van der Waals surface area (Å²) in [7, 11) is 1.22. The molecule has 0 aliphatic heterocycles. The molecule has 1 unspecified atom stereocenters. The molecule has 3 heterocycles. The van der Waals surface area contributed by atoms with Gasteiger partial charge in [0, 0.05) is 18.6 Å². The van der Waals surface area contributed by atoms with Crippen LogP contribution in [0, 0.1) is 0 Å². The second kappa shape index (κ2) is 7.35. The van der Waals surface area contributed by atoms with Gasteiger partial charge in [-0.3, -0.25) is 4.98 Å². The van der Waals surface area contributed by atoms with E-state index in [9.17, 15) is 18.0 Å². The molecule has 12 heteroatoms. The molecule has 9 nitrogen and oxygen atoms in total. The molecule has 3 rings (SSSR count). The van der Waals surface area contributed by atoms with Gasteiger partial charge in [-0.05, 0) is 12.1 Å². The minimum absolute atomic E-state index is 0.0272. The summed E-state index contributed by atoms with van der Waals surface area (Å²) in [6.45, 7) is 0. The van der Waals surface area contributed by atoms with Gasteiger partial charge >= 0.3 is 18.0 Å². The summed E-state index contributed by atoms with van der Waals surface area (Å²) in [6, 6.07) is 4.02. The largest absolute Gasteiger partial charge is 0.471 e. The number of pyridine rings is 1. The van der Waals surface area contributed by atoms with Gasteiger partial charge in [-0.15, -0.1) is 0 Å². The van der Waals surface area contributed by atoms with Crippen molar-refractivity contribution in [1.82, 2.24) is 25.1 Å². The standard InChI is InChI=1S/C15H11F3N6O3/c1-26-12(25)10(9-4-2-3-5-19-9)22-14-20-6-8(7-21-14)11-23-13(27-24-11)15(16,17)18/h2-7,10H,1H3,(H,20,21,22). The Labute approximate surface area is 149 Å². The zero-order valence-electron chi connectivity index (χ0n) is 13.6. The molecule has 0 radical (unpaired) electrons. The minimum Gasteiger partial charge on any atom is -0.467 e. The van der Waals surface area contributed by atoms with Crippen LogP contribution in [0.3, 0.4) is 0 Å². The van der Waals surface area contributed by atoms with Gasteiger partial charge < -0.3 is 14.6 Å². The van der Waals surface area contributed by atoms with Crippen molar-refractivity contribution in [1.29, 1.82) is 0 Å². The Morgan fingerprint density at radius 1 is 1.22 bits per heavy atom. The fraction of sp³-hybridized carbons (Fsp3) is 0.200. The van der Waals surface area contributed by atoms with E-state index in [0.29, 0.717) is 5.69 Å². The van der Waals surface area contributed by atoms with Crippen LogP contribution in [0.5, 0.6) is 0 Å². The molecule has 3 aromatic rings. The topological polar surface area (TPSA) is 116 Å². The first kappa shape index (κ1) is 18.2. The number of anilines is 1. The van der Waals surface area contributed by atoms with Crippen molar-refractivity contribution in [2.24, 2.45) is 0 Å². The molecule has 0 bridgehead atoms. The number of esters is 1. The van der Waals surface area contributed by atoms with Crippen molar-refractivity contribution in [2.75, 3.05) is 12.4 Å². The van der Waals surface area contributed by atoms with Crippen LogP contribution in [0.1, 0.15) is 17.6 Å². The lowest BCUT2D eigenvalue weighted by molar-refractivity contribution is -0.159. The molecule has 0 amide bonds. The zero-order chi connectivity index (χ0) is 19.4. The maximum atomic E-state index is 12.5. The Balaban J connectivity index is 1.80. The highest BCUT2D eigenvalue weighted by atomic mass is 19.4. The van der Waals surface area contributed by atoms with Gasteiger partial charge in [0.05, 0.1) is 18.4 Å². The van der Waals surface area contributed by atoms with E-state index < -0.39 is 24.1 Å². The molecule has 3 aromatic heterocycles. The lowest BCUT2D eigenvalue weighted by atomic mass is 10.2. The van der Waals surface area contributed by atoms with Crippen molar-refractivity contribution >= 4 is 11.9 Å². The maximum absolute atomic E-state index is 12.5. The highest BCUT2D eigenvalue weighted by molar-refractivity contribution is 5.79. The third-order valence-corrected chi connectivity index (χ3v) is 3.27. The number of hydrogen-bond donors (Lipinski definition) is 1. The molecular weight excluding hydrogens is 369 g/mol. The fourth-order valence-electron chi connectivity index (χ4n) is 2.02. The quantitative estimate of drug-likeness (QED) is 0.665. The number of methoxy groups -OCH3 is 1. The van der Waals surface area contributed by atoms with Gasteiger partial charge in [0.15, 0.2) is 6.04 Å². The third-order valence-electron chi connectivity index (χ3n) is 3.27. The van der Waals surface area contributed by atoms with Crippen molar-refractivity contribution in [3.8, 4) is 11.4 Å². The van der Waals surface area contributed by atoms with Crippen molar-refractivity contribution < 1.29 is 27.2 Å². The monoisotopic (exact) mass is 380 g/mol. The summed E-state index contributed by atoms with van der Waals surface area (Å²) in [5.74, 6) is -2.38. The van der Waals surface area contributed by atoms with E-state index in [1.807, 2.05) is 0 Å². The lowest BCUT2D eigenvalue weighted by Gasteiger charge is -2.15. The van der Waals surface area contributed by atoms with Gasteiger partial charge in [0.1, 0.15) is 0 Å². The van der Waals surface area contributed by atoms with Crippen LogP contribution in [0.4, 0.5) is 19.1 Å². The highest BCUT2D eigenvalue weighted by Gasteiger charge is 2.38. The molecule has 0 aliphatic carbocycles. The lowest BCUT2D eigenvalue weighted by Crippen LogP contribution is -2.24.